The maximum Gasteiger partial charge on any atom is 0.255 e. The van der Waals surface area contributed by atoms with Crippen LogP contribution < -0.4 is 19.7 Å². The summed E-state index contributed by atoms with van der Waals surface area (Å²) in [6.07, 6.45) is 1.68. The molecule has 1 aliphatic rings. The lowest BCUT2D eigenvalue weighted by Crippen LogP contribution is -2.16. The summed E-state index contributed by atoms with van der Waals surface area (Å²) in [7, 11) is 1.99. The molecule has 8 heteroatoms. The van der Waals surface area contributed by atoms with Gasteiger partial charge in [0.1, 0.15) is 5.75 Å². The summed E-state index contributed by atoms with van der Waals surface area (Å²) in [6, 6.07) is 25.0. The molecular formula is C34H34N4O4. The Kier molecular flexibility index (Phi) is 6.98. The van der Waals surface area contributed by atoms with Gasteiger partial charge in [-0.3, -0.25) is 9.89 Å². The minimum absolute atomic E-state index is 0.188. The maximum atomic E-state index is 13.1. The van der Waals surface area contributed by atoms with Gasteiger partial charge in [0.2, 0.25) is 6.79 Å². The smallest absolute Gasteiger partial charge is 0.255 e. The molecule has 42 heavy (non-hydrogen) atoms. The van der Waals surface area contributed by atoms with E-state index in [1.54, 1.807) is 18.2 Å². The van der Waals surface area contributed by atoms with Crippen LogP contribution in [-0.2, 0) is 18.3 Å². The number of nitrogens with zero attached hydrogens (tertiary/aromatic N) is 2. The zero-order valence-electron chi connectivity index (χ0n) is 24.2. The van der Waals surface area contributed by atoms with Gasteiger partial charge in [0.25, 0.3) is 5.91 Å². The van der Waals surface area contributed by atoms with Crippen molar-refractivity contribution in [1.29, 1.82) is 0 Å². The second-order valence-electron chi connectivity index (χ2n) is 11.6. The average molecular weight is 563 g/mol. The van der Waals surface area contributed by atoms with Crippen LogP contribution in [0.15, 0.2) is 78.9 Å². The third-order valence-electron chi connectivity index (χ3n) is 7.66. The van der Waals surface area contributed by atoms with Crippen LogP contribution in [-0.4, -0.2) is 35.1 Å². The molecule has 0 aliphatic carbocycles. The molecule has 0 saturated carbocycles. The molecule has 5 aromatic rings. The molecule has 8 nitrogen and oxygen atoms in total. The third-order valence-corrected chi connectivity index (χ3v) is 7.66. The topological polar surface area (TPSA) is 99.7 Å². The molecule has 1 aliphatic heterocycles. The molecule has 1 aromatic heterocycles. The summed E-state index contributed by atoms with van der Waals surface area (Å²) in [6.45, 7) is 6.29. The number of aromatic nitrogens is 2. The molecule has 0 radical (unpaired) electrons. The molecule has 3 N–H and O–H groups in total. The Morgan fingerprint density at radius 3 is 2.60 bits per heavy atom. The minimum Gasteiger partial charge on any atom is -0.508 e. The molecular weight excluding hydrogens is 528 g/mol. The number of carbonyl (C=O) groups is 1. The van der Waals surface area contributed by atoms with E-state index in [1.807, 2.05) is 64.2 Å². The van der Waals surface area contributed by atoms with Gasteiger partial charge in [-0.25, -0.2) is 0 Å². The number of H-pyrrole nitrogens is 1. The van der Waals surface area contributed by atoms with Crippen molar-refractivity contribution in [2.75, 3.05) is 24.1 Å². The van der Waals surface area contributed by atoms with Crippen molar-refractivity contribution in [2.45, 2.75) is 39.0 Å². The van der Waals surface area contributed by atoms with Crippen molar-refractivity contribution in [3.8, 4) is 17.2 Å². The van der Waals surface area contributed by atoms with Gasteiger partial charge in [-0.1, -0.05) is 32.9 Å². The molecule has 2 heterocycles. The van der Waals surface area contributed by atoms with Gasteiger partial charge >= 0.3 is 0 Å². The molecule has 0 atom stereocenters. The Morgan fingerprint density at radius 1 is 0.952 bits per heavy atom. The predicted molar refractivity (Wildman–Crippen MR) is 165 cm³/mol. The highest BCUT2D eigenvalue weighted by Crippen LogP contribution is 2.34. The number of amides is 1. The number of carbonyl (C=O) groups excluding carboxylic acids is 1. The lowest BCUT2D eigenvalue weighted by atomic mass is 9.85. The Bertz CT molecular complexity index is 1790. The number of ether oxygens (including phenoxy) is 2. The zero-order chi connectivity index (χ0) is 29.4. The SMILES string of the molecule is CN(c1cccc(NC(=O)c2ccc(O)c(C(C)(C)C)c2)c1)c1ccc2c(CCc3ccc4c(c3)OCO4)[nH]nc2c1. The van der Waals surface area contributed by atoms with Crippen LogP contribution in [0.25, 0.3) is 10.9 Å². The quantitative estimate of drug-likeness (QED) is 0.196. The first kappa shape index (κ1) is 27.2. The molecule has 0 spiro atoms. The number of aromatic amines is 1. The van der Waals surface area contributed by atoms with Crippen LogP contribution in [0.5, 0.6) is 17.2 Å². The third kappa shape index (κ3) is 5.48. The van der Waals surface area contributed by atoms with Crippen LogP contribution >= 0.6 is 0 Å². The number of fused-ring (bicyclic) bond motifs is 2. The highest BCUT2D eigenvalue weighted by atomic mass is 16.7. The summed E-state index contributed by atoms with van der Waals surface area (Å²) in [5.41, 5.74) is 6.69. The number of nitrogens with one attached hydrogen (secondary N) is 2. The van der Waals surface area contributed by atoms with Crippen molar-refractivity contribution in [1.82, 2.24) is 10.2 Å². The Hall–Kier alpha value is -4.98. The van der Waals surface area contributed by atoms with Gasteiger partial charge < -0.3 is 24.8 Å². The summed E-state index contributed by atoms with van der Waals surface area (Å²) in [4.78, 5) is 15.1. The van der Waals surface area contributed by atoms with Crippen molar-refractivity contribution in [2.24, 2.45) is 0 Å². The second kappa shape index (κ2) is 10.8. The minimum atomic E-state index is -0.285. The number of aromatic hydroxyl groups is 1. The van der Waals surface area contributed by atoms with Gasteiger partial charge in [-0.15, -0.1) is 0 Å². The number of phenols is 1. The Balaban J connectivity index is 1.15. The molecule has 1 amide bonds. The van der Waals surface area contributed by atoms with E-state index >= 15 is 0 Å². The maximum absolute atomic E-state index is 13.1. The molecule has 6 rings (SSSR count). The van der Waals surface area contributed by atoms with E-state index < -0.39 is 0 Å². The fourth-order valence-corrected chi connectivity index (χ4v) is 5.24. The van der Waals surface area contributed by atoms with E-state index in [1.165, 1.54) is 5.56 Å². The lowest BCUT2D eigenvalue weighted by molar-refractivity contribution is 0.102. The van der Waals surface area contributed by atoms with Crippen molar-refractivity contribution < 1.29 is 19.4 Å². The summed E-state index contributed by atoms with van der Waals surface area (Å²) in [5.74, 6) is 1.55. The standard InChI is InChI=1S/C34H34N4O4/c1-34(2,3)27-17-22(10-14-30(27)39)33(40)35-23-6-5-7-24(18-23)38(4)25-11-12-26-28(36-37-29(26)19-25)13-8-21-9-15-31-32(16-21)42-20-41-31/h5-7,9-12,14-19,39H,8,13,20H2,1-4H3,(H,35,40)(H,36,37). The molecule has 214 valence electrons. The number of rotatable bonds is 7. The molecule has 0 fully saturated rings. The van der Waals surface area contributed by atoms with Crippen molar-refractivity contribution in [3.05, 3.63) is 101 Å². The van der Waals surface area contributed by atoms with Gasteiger partial charge in [-0.2, -0.15) is 5.10 Å². The van der Waals surface area contributed by atoms with Gasteiger partial charge in [-0.05, 0) is 90.6 Å². The normalized spacial score (nSPS) is 12.5. The second-order valence-corrected chi connectivity index (χ2v) is 11.6. The summed E-state index contributed by atoms with van der Waals surface area (Å²) in [5, 5.41) is 22.2. The van der Waals surface area contributed by atoms with Crippen molar-refractivity contribution >= 4 is 33.9 Å². The Labute approximate surface area is 244 Å². The first-order chi connectivity index (χ1) is 20.2. The first-order valence-electron chi connectivity index (χ1n) is 14.0. The van der Waals surface area contributed by atoms with Gasteiger partial charge in [0, 0.05) is 46.3 Å². The van der Waals surface area contributed by atoms with Crippen LogP contribution in [0.4, 0.5) is 17.1 Å². The first-order valence-corrected chi connectivity index (χ1v) is 14.0. The van der Waals surface area contributed by atoms with Crippen LogP contribution in [0, 0.1) is 0 Å². The van der Waals surface area contributed by atoms with E-state index in [2.05, 4.69) is 44.7 Å². The monoisotopic (exact) mass is 562 g/mol. The molecule has 4 aromatic carbocycles. The summed E-state index contributed by atoms with van der Waals surface area (Å²) < 4.78 is 10.9. The van der Waals surface area contributed by atoms with E-state index in [0.717, 1.165) is 57.9 Å². The highest BCUT2D eigenvalue weighted by Gasteiger charge is 2.20. The number of anilines is 3. The van der Waals surface area contributed by atoms with Crippen LogP contribution in [0.2, 0.25) is 0 Å². The van der Waals surface area contributed by atoms with E-state index in [4.69, 9.17) is 9.47 Å². The predicted octanol–water partition coefficient (Wildman–Crippen LogP) is 7.10. The average Bonchev–Trinajstić information content (AvgIpc) is 3.61. The zero-order valence-corrected chi connectivity index (χ0v) is 24.2. The number of benzene rings is 4. The van der Waals surface area contributed by atoms with E-state index in [9.17, 15) is 9.90 Å². The van der Waals surface area contributed by atoms with E-state index in [-0.39, 0.29) is 23.9 Å². The molecule has 0 bridgehead atoms. The number of hydrogen-bond acceptors (Lipinski definition) is 6. The van der Waals surface area contributed by atoms with E-state index in [0.29, 0.717) is 11.3 Å². The fourth-order valence-electron chi connectivity index (χ4n) is 5.24. The van der Waals surface area contributed by atoms with Gasteiger partial charge in [0.05, 0.1) is 5.52 Å². The molecule has 0 saturated heterocycles. The largest absolute Gasteiger partial charge is 0.508 e. The van der Waals surface area contributed by atoms with Gasteiger partial charge in [0.15, 0.2) is 11.5 Å². The number of aryl methyl sites for hydroxylation is 2. The highest BCUT2D eigenvalue weighted by molar-refractivity contribution is 6.04. The fraction of sp³-hybridized carbons (Fsp3) is 0.235. The van der Waals surface area contributed by atoms with Crippen LogP contribution in [0.1, 0.15) is 48.0 Å². The lowest BCUT2D eigenvalue weighted by Gasteiger charge is -2.21. The number of phenolic OH excluding ortho intramolecular Hbond substituents is 1. The van der Waals surface area contributed by atoms with Crippen LogP contribution in [0.3, 0.4) is 0 Å². The Morgan fingerprint density at radius 2 is 1.76 bits per heavy atom. The molecule has 0 unspecified atom stereocenters. The number of hydrogen-bond donors (Lipinski definition) is 3. The van der Waals surface area contributed by atoms with Crippen molar-refractivity contribution in [3.63, 3.8) is 0 Å². The summed E-state index contributed by atoms with van der Waals surface area (Å²) >= 11 is 0.